The molecule has 0 spiro atoms. The van der Waals surface area contributed by atoms with Gasteiger partial charge in [-0.15, -0.1) is 23.4 Å². The Balaban J connectivity index is 1.13. The number of fused-ring (bicyclic) bond motifs is 1. The van der Waals surface area contributed by atoms with E-state index in [1.54, 1.807) is 12.2 Å². The third kappa shape index (κ3) is 7.35. The van der Waals surface area contributed by atoms with Crippen LogP contribution in [-0.4, -0.2) is 41.4 Å². The van der Waals surface area contributed by atoms with E-state index in [1.165, 1.54) is 12.1 Å². The summed E-state index contributed by atoms with van der Waals surface area (Å²) in [5.41, 5.74) is 1.25. The quantitative estimate of drug-likeness (QED) is 0.432. The van der Waals surface area contributed by atoms with Crippen molar-refractivity contribution in [3.05, 3.63) is 65.9 Å². The number of rotatable bonds is 11. The van der Waals surface area contributed by atoms with Crippen molar-refractivity contribution in [2.75, 3.05) is 13.1 Å². The third-order valence-corrected chi connectivity index (χ3v) is 5.39. The molecule has 2 aromatic rings. The first-order chi connectivity index (χ1) is 17.8. The largest absolute Gasteiger partial charge is 0.573 e. The number of azo groups is 1. The van der Waals surface area contributed by atoms with Crippen molar-refractivity contribution in [1.29, 1.82) is 0 Å². The van der Waals surface area contributed by atoms with E-state index >= 15 is 0 Å². The van der Waals surface area contributed by atoms with Gasteiger partial charge in [0, 0.05) is 37.1 Å². The van der Waals surface area contributed by atoms with Crippen LogP contribution in [0.4, 0.5) is 13.2 Å². The molecule has 2 amide bonds. The van der Waals surface area contributed by atoms with Gasteiger partial charge >= 0.3 is 6.36 Å². The number of amides is 2. The van der Waals surface area contributed by atoms with E-state index in [2.05, 4.69) is 35.7 Å². The molecule has 0 saturated heterocycles. The fourth-order valence-electron chi connectivity index (χ4n) is 3.63. The summed E-state index contributed by atoms with van der Waals surface area (Å²) in [4.78, 5) is 28.1. The van der Waals surface area contributed by atoms with Gasteiger partial charge in [0.1, 0.15) is 5.75 Å². The molecule has 1 aromatic carbocycles. The molecule has 2 N–H and O–H groups in total. The molecule has 2 heterocycles. The van der Waals surface area contributed by atoms with Crippen molar-refractivity contribution in [1.82, 2.24) is 20.8 Å². The lowest BCUT2D eigenvalue weighted by Gasteiger charge is -2.20. The Labute approximate surface area is 209 Å². The van der Waals surface area contributed by atoms with Gasteiger partial charge in [0.05, 0.1) is 5.92 Å². The molecular weight excluding hydrogens is 493 g/mol. The average Bonchev–Trinajstić information content (AvgIpc) is 3.34. The number of aryl methyl sites for hydroxylation is 1. The summed E-state index contributed by atoms with van der Waals surface area (Å²) in [7, 11) is 0. The minimum absolute atomic E-state index is 0.120. The van der Waals surface area contributed by atoms with Gasteiger partial charge < -0.3 is 19.9 Å². The summed E-state index contributed by atoms with van der Waals surface area (Å²) in [6.45, 7) is 1.01. The van der Waals surface area contributed by atoms with Crippen LogP contribution in [-0.2, 0) is 16.0 Å². The molecule has 4 rings (SSSR count). The predicted octanol–water partition coefficient (Wildman–Crippen LogP) is 4.00. The highest BCUT2D eigenvalue weighted by atomic mass is 19.4. The Morgan fingerprint density at radius 1 is 1.08 bits per heavy atom. The fraction of sp³-hybridized carbons (Fsp3) is 0.333. The van der Waals surface area contributed by atoms with E-state index < -0.39 is 12.3 Å². The lowest BCUT2D eigenvalue weighted by atomic mass is 9.93. The zero-order valence-corrected chi connectivity index (χ0v) is 19.5. The minimum Gasteiger partial charge on any atom is -0.406 e. The monoisotopic (exact) mass is 516 g/mol. The lowest BCUT2D eigenvalue weighted by Crippen LogP contribution is -2.28. The number of nitrogens with one attached hydrogen (secondary N) is 2. The molecule has 1 aliphatic heterocycles. The average molecular weight is 516 g/mol. The van der Waals surface area contributed by atoms with E-state index in [0.29, 0.717) is 49.6 Å². The Morgan fingerprint density at radius 3 is 2.68 bits per heavy atom. The Bertz CT molecular complexity index is 1250. The van der Waals surface area contributed by atoms with Crippen LogP contribution in [0.15, 0.2) is 74.7 Å². The normalized spacial score (nSPS) is 16.6. The minimum atomic E-state index is -4.76. The van der Waals surface area contributed by atoms with Crippen LogP contribution in [0.3, 0.4) is 0 Å². The van der Waals surface area contributed by atoms with Gasteiger partial charge in [0.15, 0.2) is 5.82 Å². The molecule has 13 heteroatoms. The standard InChI is InChI=1S/C24H23F3N6O4/c25-24(26,27)36-16-11-9-15(10-12-16)21-30-20(37-33-21)8-3-7-19(34)28-13-4-14-29-22-17-5-1-2-6-18(17)23(35)32-31-22/h1-2,5-6,9-12,18,29H,3-4,7-8,13-14H2,(H,28,34). The molecule has 0 radical (unpaired) electrons. The van der Waals surface area contributed by atoms with Crippen molar-refractivity contribution in [3.8, 4) is 17.1 Å². The molecule has 0 bridgehead atoms. The Hall–Kier alpha value is -4.29. The summed E-state index contributed by atoms with van der Waals surface area (Å²) < 4.78 is 45.8. The van der Waals surface area contributed by atoms with Crippen LogP contribution < -0.4 is 15.4 Å². The smallest absolute Gasteiger partial charge is 0.406 e. The summed E-state index contributed by atoms with van der Waals surface area (Å²) in [6, 6.07) is 5.12. The number of alkyl halides is 3. The van der Waals surface area contributed by atoms with Gasteiger partial charge in [-0.3, -0.25) is 9.59 Å². The second-order valence-corrected chi connectivity index (χ2v) is 8.13. The van der Waals surface area contributed by atoms with Gasteiger partial charge in [-0.2, -0.15) is 4.98 Å². The zero-order chi connectivity index (χ0) is 26.3. The van der Waals surface area contributed by atoms with Gasteiger partial charge in [0.25, 0.3) is 5.91 Å². The maximum absolute atomic E-state index is 12.3. The highest BCUT2D eigenvalue weighted by Crippen LogP contribution is 2.27. The van der Waals surface area contributed by atoms with Crippen LogP contribution in [0.25, 0.3) is 11.4 Å². The second kappa shape index (κ2) is 11.6. The number of carbonyl (C=O) groups excluding carboxylic acids is 2. The maximum atomic E-state index is 12.3. The summed E-state index contributed by atoms with van der Waals surface area (Å²) in [6.07, 6.45) is 4.26. The molecule has 1 unspecified atom stereocenters. The van der Waals surface area contributed by atoms with Crippen LogP contribution in [0.5, 0.6) is 5.75 Å². The zero-order valence-electron chi connectivity index (χ0n) is 19.5. The predicted molar refractivity (Wildman–Crippen MR) is 124 cm³/mol. The fourth-order valence-corrected chi connectivity index (χ4v) is 3.63. The van der Waals surface area contributed by atoms with Crippen LogP contribution in [0.1, 0.15) is 25.2 Å². The first-order valence-electron chi connectivity index (χ1n) is 11.5. The number of hydrogen-bond donors (Lipinski definition) is 2. The van der Waals surface area contributed by atoms with Gasteiger partial charge in [-0.1, -0.05) is 29.5 Å². The molecule has 0 fully saturated rings. The SMILES string of the molecule is O=C(CCCc1nc(-c2ccc(OC(F)(F)F)cc2)no1)NCCCNC1=C2C=CC=CC2C(=O)N=N1. The van der Waals surface area contributed by atoms with E-state index in [4.69, 9.17) is 4.52 Å². The number of ether oxygens (including phenoxy) is 1. The number of benzene rings is 1. The maximum Gasteiger partial charge on any atom is 0.573 e. The van der Waals surface area contributed by atoms with Crippen LogP contribution in [0, 0.1) is 5.92 Å². The topological polar surface area (TPSA) is 131 Å². The summed E-state index contributed by atoms with van der Waals surface area (Å²) in [5.74, 6) is -0.0530. The van der Waals surface area contributed by atoms with E-state index in [9.17, 15) is 22.8 Å². The number of hydrogen-bond acceptors (Lipinski definition) is 8. The number of halogens is 3. The Kier molecular flexibility index (Phi) is 8.11. The van der Waals surface area contributed by atoms with Crippen molar-refractivity contribution in [2.24, 2.45) is 16.1 Å². The summed E-state index contributed by atoms with van der Waals surface area (Å²) >= 11 is 0. The second-order valence-electron chi connectivity index (χ2n) is 8.13. The molecule has 10 nitrogen and oxygen atoms in total. The van der Waals surface area contributed by atoms with E-state index in [1.807, 2.05) is 12.2 Å². The molecule has 0 saturated carbocycles. The highest BCUT2D eigenvalue weighted by molar-refractivity contribution is 5.86. The molecular formula is C24H23F3N6O4. The first-order valence-corrected chi connectivity index (χ1v) is 11.5. The summed E-state index contributed by atoms with van der Waals surface area (Å²) in [5, 5.41) is 17.4. The van der Waals surface area contributed by atoms with E-state index in [-0.39, 0.29) is 29.8 Å². The van der Waals surface area contributed by atoms with Crippen molar-refractivity contribution >= 4 is 11.8 Å². The van der Waals surface area contributed by atoms with Crippen LogP contribution in [0.2, 0.25) is 0 Å². The first kappa shape index (κ1) is 25.8. The van der Waals surface area contributed by atoms with E-state index in [0.717, 1.165) is 17.7 Å². The molecule has 1 aromatic heterocycles. The van der Waals surface area contributed by atoms with Gasteiger partial charge in [-0.25, -0.2) is 0 Å². The molecule has 37 heavy (non-hydrogen) atoms. The van der Waals surface area contributed by atoms with Crippen LogP contribution >= 0.6 is 0 Å². The van der Waals surface area contributed by atoms with Crippen molar-refractivity contribution in [2.45, 2.75) is 32.0 Å². The third-order valence-electron chi connectivity index (χ3n) is 5.39. The Morgan fingerprint density at radius 2 is 1.89 bits per heavy atom. The highest BCUT2D eigenvalue weighted by Gasteiger charge is 2.31. The van der Waals surface area contributed by atoms with Gasteiger partial charge in [0.2, 0.25) is 17.6 Å². The van der Waals surface area contributed by atoms with Gasteiger partial charge in [-0.05, 0) is 37.1 Å². The number of nitrogens with zero attached hydrogens (tertiary/aromatic N) is 4. The number of allylic oxidation sites excluding steroid dienone is 3. The molecule has 1 atom stereocenters. The van der Waals surface area contributed by atoms with Crippen molar-refractivity contribution in [3.63, 3.8) is 0 Å². The number of carbonyl (C=O) groups is 2. The molecule has 2 aliphatic rings. The molecule has 1 aliphatic carbocycles. The number of aromatic nitrogens is 2. The van der Waals surface area contributed by atoms with Crippen molar-refractivity contribution < 1.29 is 32.0 Å². The lowest BCUT2D eigenvalue weighted by molar-refractivity contribution is -0.274. The molecule has 194 valence electrons.